The molecule has 0 N–H and O–H groups in total. The first-order valence-corrected chi connectivity index (χ1v) is 10.9. The summed E-state index contributed by atoms with van der Waals surface area (Å²) < 4.78 is 2.24. The Hall–Kier alpha value is -3.11. The molecule has 5 rings (SSSR count). The molecular weight excluding hydrogens is 406 g/mol. The van der Waals surface area contributed by atoms with Crippen LogP contribution in [-0.4, -0.2) is 22.0 Å². The Morgan fingerprint density at radius 2 is 1.77 bits per heavy atom. The van der Waals surface area contributed by atoms with Crippen molar-refractivity contribution in [3.8, 4) is 0 Å². The van der Waals surface area contributed by atoms with Gasteiger partial charge in [0.2, 0.25) is 5.91 Å². The van der Waals surface area contributed by atoms with E-state index in [1.54, 1.807) is 0 Å². The Morgan fingerprint density at radius 1 is 1.00 bits per heavy atom. The molecule has 0 unspecified atom stereocenters. The Kier molecular flexibility index (Phi) is 5.03. The smallest absolute Gasteiger partial charge is 0.227 e. The van der Waals surface area contributed by atoms with Crippen LogP contribution in [0.15, 0.2) is 66.7 Å². The van der Waals surface area contributed by atoms with E-state index in [4.69, 9.17) is 16.6 Å². The number of aromatic nitrogens is 2. The number of carbonyl (C=O) groups excluding carboxylic acids is 1. The average molecular weight is 430 g/mol. The van der Waals surface area contributed by atoms with Crippen molar-refractivity contribution in [1.82, 2.24) is 9.55 Å². The summed E-state index contributed by atoms with van der Waals surface area (Å²) in [5, 5.41) is 0.723. The number of fused-ring (bicyclic) bond motifs is 1. The molecule has 31 heavy (non-hydrogen) atoms. The fraction of sp³-hybridized carbons (Fsp3) is 0.231. The predicted molar refractivity (Wildman–Crippen MR) is 126 cm³/mol. The van der Waals surface area contributed by atoms with E-state index >= 15 is 0 Å². The summed E-state index contributed by atoms with van der Waals surface area (Å²) in [6.07, 6.45) is 0.464. The van der Waals surface area contributed by atoms with E-state index in [1.165, 1.54) is 11.1 Å². The lowest BCUT2D eigenvalue weighted by Crippen LogP contribution is -2.24. The van der Waals surface area contributed by atoms with Crippen molar-refractivity contribution in [2.75, 3.05) is 11.4 Å². The highest BCUT2D eigenvalue weighted by Crippen LogP contribution is 2.34. The van der Waals surface area contributed by atoms with Gasteiger partial charge in [0.25, 0.3) is 0 Å². The lowest BCUT2D eigenvalue weighted by Gasteiger charge is -2.19. The molecule has 4 nitrogen and oxygen atoms in total. The summed E-state index contributed by atoms with van der Waals surface area (Å²) >= 11 is 6.23. The van der Waals surface area contributed by atoms with Gasteiger partial charge in [-0.3, -0.25) is 4.79 Å². The Bertz CT molecular complexity index is 1270. The van der Waals surface area contributed by atoms with Gasteiger partial charge in [-0.15, -0.1) is 0 Å². The van der Waals surface area contributed by atoms with Gasteiger partial charge in [-0.2, -0.15) is 0 Å². The zero-order valence-corrected chi connectivity index (χ0v) is 18.4. The fourth-order valence-electron chi connectivity index (χ4n) is 4.63. The predicted octanol–water partition coefficient (Wildman–Crippen LogP) is 5.88. The van der Waals surface area contributed by atoms with Gasteiger partial charge in [0, 0.05) is 36.1 Å². The van der Waals surface area contributed by atoms with Crippen molar-refractivity contribution >= 4 is 34.2 Å². The molecule has 4 aromatic rings. The van der Waals surface area contributed by atoms with E-state index in [1.807, 2.05) is 41.3 Å². The van der Waals surface area contributed by atoms with E-state index in [0.717, 1.165) is 33.1 Å². The number of para-hydroxylation sites is 2. The van der Waals surface area contributed by atoms with Crippen LogP contribution in [0.5, 0.6) is 0 Å². The Labute approximate surface area is 187 Å². The number of halogens is 1. The molecule has 0 bridgehead atoms. The number of anilines is 1. The summed E-state index contributed by atoms with van der Waals surface area (Å²) in [6.45, 7) is 5.45. The molecule has 0 aliphatic carbocycles. The maximum atomic E-state index is 13.0. The van der Waals surface area contributed by atoms with Crippen LogP contribution in [0.2, 0.25) is 5.02 Å². The van der Waals surface area contributed by atoms with Crippen LogP contribution in [0.1, 0.15) is 34.9 Å². The molecule has 1 aliphatic heterocycles. The number of hydrogen-bond acceptors (Lipinski definition) is 2. The summed E-state index contributed by atoms with van der Waals surface area (Å²) in [5.74, 6) is 1.15. The van der Waals surface area contributed by atoms with Gasteiger partial charge >= 0.3 is 0 Å². The van der Waals surface area contributed by atoms with E-state index in [-0.39, 0.29) is 11.8 Å². The molecule has 5 heteroatoms. The monoisotopic (exact) mass is 429 g/mol. The lowest BCUT2D eigenvalue weighted by molar-refractivity contribution is -0.117. The van der Waals surface area contributed by atoms with Gasteiger partial charge in [0.1, 0.15) is 5.82 Å². The summed E-state index contributed by atoms with van der Waals surface area (Å²) in [7, 11) is 0. The normalized spacial score (nSPS) is 16.4. The minimum absolute atomic E-state index is 0.0416. The van der Waals surface area contributed by atoms with Crippen LogP contribution in [0.3, 0.4) is 0 Å². The van der Waals surface area contributed by atoms with Crippen LogP contribution < -0.4 is 4.90 Å². The highest BCUT2D eigenvalue weighted by molar-refractivity contribution is 6.30. The van der Waals surface area contributed by atoms with Crippen molar-refractivity contribution in [2.24, 2.45) is 0 Å². The maximum absolute atomic E-state index is 13.0. The molecule has 3 aromatic carbocycles. The van der Waals surface area contributed by atoms with Gasteiger partial charge in [0.15, 0.2) is 0 Å². The Morgan fingerprint density at radius 3 is 2.55 bits per heavy atom. The zero-order chi connectivity index (χ0) is 21.5. The number of aryl methyl sites for hydroxylation is 2. The fourth-order valence-corrected chi connectivity index (χ4v) is 4.84. The van der Waals surface area contributed by atoms with Crippen LogP contribution in [0.25, 0.3) is 11.0 Å². The van der Waals surface area contributed by atoms with E-state index in [9.17, 15) is 4.79 Å². The van der Waals surface area contributed by atoms with Gasteiger partial charge < -0.3 is 9.47 Å². The first kappa shape index (κ1) is 19.8. The highest BCUT2D eigenvalue weighted by atomic mass is 35.5. The quantitative estimate of drug-likeness (QED) is 0.406. The van der Waals surface area contributed by atoms with Gasteiger partial charge in [0.05, 0.1) is 11.0 Å². The number of hydrogen-bond donors (Lipinski definition) is 0. The van der Waals surface area contributed by atoms with E-state index < -0.39 is 0 Å². The summed E-state index contributed by atoms with van der Waals surface area (Å²) in [6, 6.07) is 22.4. The summed E-state index contributed by atoms with van der Waals surface area (Å²) in [5.41, 5.74) is 6.46. The molecule has 1 aliphatic rings. The third-order valence-electron chi connectivity index (χ3n) is 5.92. The van der Waals surface area contributed by atoms with Crippen LogP contribution in [-0.2, 0) is 11.3 Å². The first-order chi connectivity index (χ1) is 15.0. The van der Waals surface area contributed by atoms with Crippen LogP contribution in [0.4, 0.5) is 5.69 Å². The van der Waals surface area contributed by atoms with Crippen molar-refractivity contribution in [1.29, 1.82) is 0 Å². The SMILES string of the molecule is Cc1cc(C)cc(N2C[C@@H](c3nc4ccccc4n3Cc3cccc(Cl)c3)CC2=O)c1. The Balaban J connectivity index is 1.53. The third-order valence-corrected chi connectivity index (χ3v) is 6.16. The van der Waals surface area contributed by atoms with Crippen molar-refractivity contribution in [3.05, 3.63) is 94.3 Å². The molecule has 1 aromatic heterocycles. The third kappa shape index (κ3) is 3.84. The van der Waals surface area contributed by atoms with Gasteiger partial charge in [-0.05, 0) is 66.9 Å². The second kappa shape index (κ2) is 7.86. The largest absolute Gasteiger partial charge is 0.323 e. The molecule has 0 radical (unpaired) electrons. The van der Waals surface area contributed by atoms with Gasteiger partial charge in [-0.1, -0.05) is 41.9 Å². The standard InChI is InChI=1S/C26H24ClN3O/c1-17-10-18(2)12-22(11-17)29-16-20(14-25(29)31)26-28-23-8-3-4-9-24(23)30(26)15-19-6-5-7-21(27)13-19/h3-13,20H,14-16H2,1-2H3/t20-/m0/s1. The van der Waals surface area contributed by atoms with Crippen LogP contribution in [0, 0.1) is 13.8 Å². The number of amides is 1. The first-order valence-electron chi connectivity index (χ1n) is 10.6. The molecule has 1 atom stereocenters. The topological polar surface area (TPSA) is 38.1 Å². The van der Waals surface area contributed by atoms with Gasteiger partial charge in [-0.25, -0.2) is 4.98 Å². The average Bonchev–Trinajstić information content (AvgIpc) is 3.28. The molecule has 2 heterocycles. The van der Waals surface area contributed by atoms with Crippen molar-refractivity contribution < 1.29 is 4.79 Å². The molecule has 1 fully saturated rings. The number of rotatable bonds is 4. The summed E-state index contributed by atoms with van der Waals surface area (Å²) in [4.78, 5) is 19.9. The molecule has 1 amide bonds. The maximum Gasteiger partial charge on any atom is 0.227 e. The van der Waals surface area contributed by atoms with E-state index in [0.29, 0.717) is 19.5 Å². The number of nitrogens with zero attached hydrogens (tertiary/aromatic N) is 3. The van der Waals surface area contributed by atoms with Crippen molar-refractivity contribution in [3.63, 3.8) is 0 Å². The minimum atomic E-state index is 0.0416. The molecule has 0 spiro atoms. The number of carbonyl (C=O) groups is 1. The number of benzene rings is 3. The molecular formula is C26H24ClN3O. The zero-order valence-electron chi connectivity index (χ0n) is 17.7. The second-order valence-corrected chi connectivity index (χ2v) is 8.86. The molecule has 0 saturated carbocycles. The highest BCUT2D eigenvalue weighted by Gasteiger charge is 2.35. The van der Waals surface area contributed by atoms with Crippen LogP contribution >= 0.6 is 11.6 Å². The molecule has 156 valence electrons. The lowest BCUT2D eigenvalue weighted by atomic mass is 10.1. The van der Waals surface area contributed by atoms with Crippen molar-refractivity contribution in [2.45, 2.75) is 32.7 Å². The number of imidazole rings is 1. The molecule has 1 saturated heterocycles. The van der Waals surface area contributed by atoms with E-state index in [2.05, 4.69) is 48.7 Å². The second-order valence-electron chi connectivity index (χ2n) is 8.43. The minimum Gasteiger partial charge on any atom is -0.323 e.